The van der Waals surface area contributed by atoms with Crippen molar-refractivity contribution in [1.29, 1.82) is 0 Å². The lowest BCUT2D eigenvalue weighted by Gasteiger charge is -2.29. The molecule has 0 fully saturated rings. The number of rotatable bonds is 42. The highest BCUT2D eigenvalue weighted by atomic mass is 16.4. The third-order valence-corrected chi connectivity index (χ3v) is 15.5. The van der Waals surface area contributed by atoms with Gasteiger partial charge >= 0.3 is 5.97 Å². The Balaban J connectivity index is 1.59. The number of fused-ring (bicyclic) bond motifs is 1. The maximum atomic E-state index is 14.8. The number of carboxylic acid groups (broad SMARTS) is 1. The molecule has 0 aliphatic heterocycles. The van der Waals surface area contributed by atoms with E-state index in [9.17, 15) is 77.3 Å². The van der Waals surface area contributed by atoms with E-state index in [-0.39, 0.29) is 56.9 Å². The molecule has 0 bridgehead atoms. The number of guanidine groups is 1. The molecule has 0 radical (unpaired) electrons. The van der Waals surface area contributed by atoms with Crippen molar-refractivity contribution in [3.8, 4) is 0 Å². The van der Waals surface area contributed by atoms with E-state index < -0.39 is 187 Å². The first-order valence-corrected chi connectivity index (χ1v) is 32.3. The van der Waals surface area contributed by atoms with Gasteiger partial charge < -0.3 is 107 Å². The number of hydrogen-bond acceptors (Lipinski definition) is 18. The summed E-state index contributed by atoms with van der Waals surface area (Å²) in [5, 5.41) is 48.6. The van der Waals surface area contributed by atoms with Crippen LogP contribution in [-0.2, 0) is 86.4 Å². The second kappa shape index (κ2) is 40.0. The molecule has 0 saturated carbocycles. The van der Waals surface area contributed by atoms with Crippen molar-refractivity contribution in [2.24, 2.45) is 45.5 Å². The molecule has 13 amide bonds. The Labute approximate surface area is 576 Å². The second-order valence-electron chi connectivity index (χ2n) is 24.7. The smallest absolute Gasteiger partial charge is 0.326 e. The molecule has 100 heavy (non-hydrogen) atoms. The lowest BCUT2D eigenvalue weighted by atomic mass is 10.00. The summed E-state index contributed by atoms with van der Waals surface area (Å²) >= 11 is 0. The highest BCUT2D eigenvalue weighted by molar-refractivity contribution is 6.00. The van der Waals surface area contributed by atoms with Gasteiger partial charge in [-0.3, -0.25) is 67.3 Å². The average Bonchev–Trinajstić information content (AvgIpc) is 1.62. The van der Waals surface area contributed by atoms with Gasteiger partial charge in [0.1, 0.15) is 66.5 Å². The fraction of sp³-hybridized carbons (Fsp3) is 0.500. The van der Waals surface area contributed by atoms with Crippen molar-refractivity contribution in [3.63, 3.8) is 0 Å². The summed E-state index contributed by atoms with van der Waals surface area (Å²) in [5.74, 6) is -15.2. The van der Waals surface area contributed by atoms with Crippen LogP contribution in [0.3, 0.4) is 0 Å². The molecule has 2 aromatic carbocycles. The lowest BCUT2D eigenvalue weighted by molar-refractivity contribution is -0.143. The molecule has 2 aromatic heterocycles. The summed E-state index contributed by atoms with van der Waals surface area (Å²) in [5.41, 5.74) is 29.3. The fourth-order valence-electron chi connectivity index (χ4n) is 10.2. The number of nitrogens with one attached hydrogen (secondary N) is 13. The minimum absolute atomic E-state index is 0.0706. The minimum atomic E-state index is -1.85. The number of nitrogens with two attached hydrogens (primary N) is 5. The highest BCUT2D eigenvalue weighted by Gasteiger charge is 2.38. The van der Waals surface area contributed by atoms with Crippen LogP contribution in [0.2, 0.25) is 0 Å². The van der Waals surface area contributed by atoms with Crippen LogP contribution in [0.25, 0.3) is 10.9 Å². The number of carbonyl (C=O) groups excluding carboxylic acids is 13. The average molecular weight is 1400 g/mol. The van der Waals surface area contributed by atoms with Gasteiger partial charge in [0.2, 0.25) is 76.8 Å². The van der Waals surface area contributed by atoms with Crippen LogP contribution in [0.1, 0.15) is 104 Å². The predicted molar refractivity (Wildman–Crippen MR) is 362 cm³/mol. The van der Waals surface area contributed by atoms with Crippen LogP contribution in [0, 0.1) is 11.8 Å². The number of amides is 13. The summed E-state index contributed by atoms with van der Waals surface area (Å²) in [6, 6.07) is -1.76. The van der Waals surface area contributed by atoms with Crippen molar-refractivity contribution in [3.05, 3.63) is 90.1 Å². The van der Waals surface area contributed by atoms with Gasteiger partial charge in [-0.05, 0) is 75.5 Å². The largest absolute Gasteiger partial charge is 0.480 e. The zero-order chi connectivity index (χ0) is 74.5. The van der Waals surface area contributed by atoms with E-state index >= 15 is 0 Å². The van der Waals surface area contributed by atoms with Crippen molar-refractivity contribution >= 4 is 99.6 Å². The van der Waals surface area contributed by atoms with Gasteiger partial charge in [0, 0.05) is 61.2 Å². The minimum Gasteiger partial charge on any atom is -0.480 e. The van der Waals surface area contributed by atoms with Crippen LogP contribution in [0.15, 0.2) is 78.3 Å². The Morgan fingerprint density at radius 1 is 0.520 bits per heavy atom. The maximum absolute atomic E-state index is 14.8. The first kappa shape index (κ1) is 81.4. The van der Waals surface area contributed by atoms with E-state index in [1.165, 1.54) is 33.3 Å². The molecule has 25 N–H and O–H groups in total. The third kappa shape index (κ3) is 27.1. The number of carbonyl (C=O) groups is 14. The number of aromatic nitrogens is 3. The summed E-state index contributed by atoms with van der Waals surface area (Å²) in [4.78, 5) is 204. The number of aliphatic hydroxyl groups is 1. The van der Waals surface area contributed by atoms with E-state index in [0.717, 1.165) is 0 Å². The molecule has 546 valence electrons. The summed E-state index contributed by atoms with van der Waals surface area (Å²) in [6.07, 6.45) is 0.117. The van der Waals surface area contributed by atoms with Crippen LogP contribution >= 0.6 is 0 Å². The van der Waals surface area contributed by atoms with E-state index in [1.807, 2.05) is 0 Å². The number of aromatic amines is 2. The molecule has 0 spiro atoms. The Hall–Kier alpha value is -11.0. The van der Waals surface area contributed by atoms with E-state index in [1.54, 1.807) is 88.5 Å². The number of aliphatic hydroxyl groups excluding tert-OH is 1. The molecule has 0 aliphatic rings. The Kier molecular flexibility index (Phi) is 32.6. The number of H-pyrrole nitrogens is 2. The molecule has 4 aromatic rings. The number of aliphatic carboxylic acids is 1. The number of imidazole rings is 1. The number of carboxylic acids is 1. The standard InChI is InChI=1S/C64H94N20O16/c1-31(2)22-43(60(96)84-52(35(7)85)62(98)83-51(32(3)4)61(97)77-42(63(99)100)18-13-21-71-64(68)69)78-54(90)34(6)75-56(92)47(26-49(67)87)82-57(93)44(23-36-14-9-8-10-15-36)80-55(91)41(19-20-48(66)86)76-58(94)45(24-37-28-72-40-17-12-11-16-39(37)40)81-59(95)46(25-38-29-70-30-73-38)79-53(89)33(5)74-50(88)27-65/h8-12,14-17,28-35,41-47,51-52,72,85H,13,18-27,65H2,1-7H3,(H2,66,86)(H2,67,87)(H,70,73)(H,74,88)(H,75,92)(H,76,94)(H,77,97)(H,78,90)(H,79,89)(H,80,91)(H,81,95)(H,82,93)(H,83,98)(H,84,96)(H,99,100)(H4,68,69,71)/t33-,34-,35+,41-,42-,43-,44-,45-,46-,47-,51-,52-/m0/s1. The van der Waals surface area contributed by atoms with Gasteiger partial charge in [0.25, 0.3) is 0 Å². The normalized spacial score (nSPS) is 14.8. The van der Waals surface area contributed by atoms with Crippen molar-refractivity contribution in [2.45, 2.75) is 179 Å². The van der Waals surface area contributed by atoms with Gasteiger partial charge in [0.15, 0.2) is 5.96 Å². The van der Waals surface area contributed by atoms with Crippen LogP contribution in [0.4, 0.5) is 0 Å². The number of primary amides is 2. The lowest BCUT2D eigenvalue weighted by Crippen LogP contribution is -2.62. The first-order chi connectivity index (χ1) is 47.2. The van der Waals surface area contributed by atoms with Crippen molar-refractivity contribution in [2.75, 3.05) is 13.1 Å². The SMILES string of the molecule is CC(C)C[C@H](NC(=O)[C@H](C)NC(=O)[C@H](CC(N)=O)NC(=O)[C@H](Cc1ccccc1)NC(=O)[C@H](CCC(N)=O)NC(=O)[C@H](Cc1c[nH]c2ccccc12)NC(=O)[C@H](Cc1cnc[nH]1)NC(=O)[C@H](C)NC(=O)CN)C(=O)N[C@H](C(=O)N[C@H](C(=O)N[C@@H](CCCN=C(N)N)C(=O)O)C(C)C)[C@@H](C)O. The third-order valence-electron chi connectivity index (χ3n) is 15.5. The Morgan fingerprint density at radius 2 is 1.03 bits per heavy atom. The highest BCUT2D eigenvalue weighted by Crippen LogP contribution is 2.20. The van der Waals surface area contributed by atoms with E-state index in [2.05, 4.69) is 78.4 Å². The zero-order valence-electron chi connectivity index (χ0n) is 56.7. The van der Waals surface area contributed by atoms with Gasteiger partial charge in [-0.1, -0.05) is 76.2 Å². The number of aliphatic imine (C=N–C) groups is 1. The topological polar surface area (TPSA) is 599 Å². The van der Waals surface area contributed by atoms with Gasteiger partial charge in [-0.2, -0.15) is 0 Å². The Morgan fingerprint density at radius 3 is 1.59 bits per heavy atom. The monoisotopic (exact) mass is 1400 g/mol. The van der Waals surface area contributed by atoms with Crippen LogP contribution < -0.4 is 87.2 Å². The number of nitrogens with zero attached hydrogens (tertiary/aromatic N) is 2. The first-order valence-electron chi connectivity index (χ1n) is 32.3. The van der Waals surface area contributed by atoms with Crippen LogP contribution in [0.5, 0.6) is 0 Å². The predicted octanol–water partition coefficient (Wildman–Crippen LogP) is -5.39. The Bertz CT molecular complexity index is 3520. The van der Waals surface area contributed by atoms with E-state index in [4.69, 9.17) is 28.7 Å². The number of para-hydroxylation sites is 1. The van der Waals surface area contributed by atoms with Crippen molar-refractivity contribution < 1.29 is 77.3 Å². The van der Waals surface area contributed by atoms with Crippen molar-refractivity contribution in [1.82, 2.24) is 73.4 Å². The molecule has 0 aliphatic carbocycles. The molecule has 0 unspecified atom stereocenters. The molecule has 12 atom stereocenters. The summed E-state index contributed by atoms with van der Waals surface area (Å²) in [6.45, 7) is 9.87. The molecule has 36 heteroatoms. The van der Waals surface area contributed by atoms with Gasteiger partial charge in [-0.15, -0.1) is 0 Å². The summed E-state index contributed by atoms with van der Waals surface area (Å²) < 4.78 is 0. The number of benzene rings is 2. The molecule has 2 heterocycles. The number of hydrogen-bond donors (Lipinski definition) is 20. The second-order valence-corrected chi connectivity index (χ2v) is 24.7. The molecular weight excluding hydrogens is 1300 g/mol. The quantitative estimate of drug-likeness (QED) is 0.0112. The molecule has 36 nitrogen and oxygen atoms in total. The zero-order valence-corrected chi connectivity index (χ0v) is 56.7. The fourth-order valence-corrected chi connectivity index (χ4v) is 10.2. The van der Waals surface area contributed by atoms with E-state index in [0.29, 0.717) is 27.7 Å². The molecule has 4 rings (SSSR count). The molecule has 0 saturated heterocycles. The van der Waals surface area contributed by atoms with Gasteiger partial charge in [-0.25, -0.2) is 9.78 Å². The molecular formula is C64H94N20O16. The summed E-state index contributed by atoms with van der Waals surface area (Å²) in [7, 11) is 0. The maximum Gasteiger partial charge on any atom is 0.326 e. The van der Waals surface area contributed by atoms with Crippen LogP contribution in [-0.4, -0.2) is 200 Å². The van der Waals surface area contributed by atoms with Gasteiger partial charge in [0.05, 0.1) is 25.4 Å².